The smallest absolute Gasteiger partial charge is 0.348 e. The molecule has 0 fully saturated rings. The Hall–Kier alpha value is -3.19. The lowest BCUT2D eigenvalue weighted by atomic mass is 10.1. The molecule has 0 saturated carbocycles. The van der Waals surface area contributed by atoms with E-state index in [0.717, 1.165) is 0 Å². The summed E-state index contributed by atoms with van der Waals surface area (Å²) in [6.45, 7) is -0.338. The van der Waals surface area contributed by atoms with Crippen LogP contribution >= 0.6 is 11.3 Å². The second kappa shape index (κ2) is 7.59. The van der Waals surface area contributed by atoms with Gasteiger partial charge in [0.25, 0.3) is 5.91 Å². The van der Waals surface area contributed by atoms with Gasteiger partial charge in [-0.05, 0) is 47.8 Å². The Labute approximate surface area is 147 Å². The third-order valence-corrected chi connectivity index (χ3v) is 4.12. The molecule has 2 aromatic heterocycles. The SMILES string of the molecule is O=C(COC(=O)c1cccs1)c1ccc(NC(=O)c2ccco2)cc1. The molecule has 1 N–H and O–H groups in total. The van der Waals surface area contributed by atoms with Gasteiger partial charge < -0.3 is 14.5 Å². The molecule has 0 aliphatic carbocycles. The number of ether oxygens (including phenoxy) is 1. The quantitative estimate of drug-likeness (QED) is 0.539. The second-order valence-corrected chi connectivity index (χ2v) is 5.93. The zero-order valence-electron chi connectivity index (χ0n) is 12.9. The first kappa shape index (κ1) is 16.7. The van der Waals surface area contributed by atoms with Crippen LogP contribution in [0.1, 0.15) is 30.6 Å². The maximum absolute atomic E-state index is 12.1. The third kappa shape index (κ3) is 4.21. The fourth-order valence-corrected chi connectivity index (χ4v) is 2.64. The van der Waals surface area contributed by atoms with Crippen molar-refractivity contribution in [3.05, 3.63) is 76.4 Å². The minimum atomic E-state index is -0.523. The van der Waals surface area contributed by atoms with E-state index in [2.05, 4.69) is 5.32 Å². The Bertz CT molecular complexity index is 867. The normalized spacial score (nSPS) is 10.2. The van der Waals surface area contributed by atoms with Gasteiger partial charge in [0.15, 0.2) is 18.2 Å². The molecule has 2 heterocycles. The van der Waals surface area contributed by atoms with Crippen molar-refractivity contribution in [2.24, 2.45) is 0 Å². The monoisotopic (exact) mass is 355 g/mol. The highest BCUT2D eigenvalue weighted by atomic mass is 32.1. The van der Waals surface area contributed by atoms with E-state index >= 15 is 0 Å². The molecule has 7 heteroatoms. The lowest BCUT2D eigenvalue weighted by molar-refractivity contribution is 0.0479. The van der Waals surface area contributed by atoms with Gasteiger partial charge in [0.2, 0.25) is 0 Å². The number of carbonyl (C=O) groups is 3. The molecule has 0 aliphatic rings. The van der Waals surface area contributed by atoms with Crippen LogP contribution in [0.25, 0.3) is 0 Å². The van der Waals surface area contributed by atoms with Gasteiger partial charge in [0.05, 0.1) is 6.26 Å². The Morgan fingerprint density at radius 3 is 2.48 bits per heavy atom. The first-order chi connectivity index (χ1) is 12.1. The van der Waals surface area contributed by atoms with Crippen LogP contribution in [0.4, 0.5) is 5.69 Å². The van der Waals surface area contributed by atoms with Crippen molar-refractivity contribution in [1.82, 2.24) is 0 Å². The van der Waals surface area contributed by atoms with Crippen LogP contribution in [-0.4, -0.2) is 24.3 Å². The molecule has 126 valence electrons. The molecular formula is C18H13NO5S. The highest BCUT2D eigenvalue weighted by Gasteiger charge is 2.13. The van der Waals surface area contributed by atoms with Gasteiger partial charge in [0, 0.05) is 11.3 Å². The molecule has 3 aromatic rings. The topological polar surface area (TPSA) is 85.6 Å². The second-order valence-electron chi connectivity index (χ2n) is 4.99. The van der Waals surface area contributed by atoms with Crippen molar-refractivity contribution in [1.29, 1.82) is 0 Å². The van der Waals surface area contributed by atoms with Crippen LogP contribution in [0.15, 0.2) is 64.6 Å². The molecule has 1 amide bonds. The van der Waals surface area contributed by atoms with Gasteiger partial charge in [-0.2, -0.15) is 0 Å². The van der Waals surface area contributed by atoms with Crippen molar-refractivity contribution in [3.63, 3.8) is 0 Å². The van der Waals surface area contributed by atoms with Gasteiger partial charge in [0.1, 0.15) is 4.88 Å². The van der Waals surface area contributed by atoms with E-state index in [1.165, 1.54) is 17.6 Å². The maximum Gasteiger partial charge on any atom is 0.348 e. The van der Waals surface area contributed by atoms with Gasteiger partial charge >= 0.3 is 5.97 Å². The molecule has 0 bridgehead atoms. The van der Waals surface area contributed by atoms with Crippen molar-refractivity contribution >= 4 is 34.7 Å². The average Bonchev–Trinajstić information content (AvgIpc) is 3.33. The summed E-state index contributed by atoms with van der Waals surface area (Å²) in [6.07, 6.45) is 1.41. The predicted molar refractivity (Wildman–Crippen MR) is 92.0 cm³/mol. The number of benzene rings is 1. The summed E-state index contributed by atoms with van der Waals surface area (Å²) in [5.41, 5.74) is 0.906. The number of Topliss-reactive ketones (excluding diaryl/α,β-unsaturated/α-hetero) is 1. The summed E-state index contributed by atoms with van der Waals surface area (Å²) in [5, 5.41) is 4.41. The van der Waals surface area contributed by atoms with E-state index in [1.807, 2.05) is 0 Å². The van der Waals surface area contributed by atoms with Crippen LogP contribution in [0, 0.1) is 0 Å². The van der Waals surface area contributed by atoms with Crippen LogP contribution in [-0.2, 0) is 4.74 Å². The predicted octanol–water partition coefficient (Wildman–Crippen LogP) is 3.63. The van der Waals surface area contributed by atoms with Crippen molar-refractivity contribution in [2.75, 3.05) is 11.9 Å². The number of hydrogen-bond donors (Lipinski definition) is 1. The van der Waals surface area contributed by atoms with E-state index in [9.17, 15) is 14.4 Å². The highest BCUT2D eigenvalue weighted by molar-refractivity contribution is 7.11. The molecule has 0 saturated heterocycles. The number of thiophene rings is 1. The summed E-state index contributed by atoms with van der Waals surface area (Å²) in [7, 11) is 0. The number of nitrogens with one attached hydrogen (secondary N) is 1. The number of carbonyl (C=O) groups excluding carboxylic acids is 3. The maximum atomic E-state index is 12.1. The first-order valence-electron chi connectivity index (χ1n) is 7.32. The summed E-state index contributed by atoms with van der Waals surface area (Å²) in [5.74, 6) is -1.03. The molecule has 6 nitrogen and oxygen atoms in total. The standard InChI is InChI=1S/C18H13NO5S/c20-14(11-24-18(22)16-4-2-10-25-16)12-5-7-13(8-6-12)19-17(21)15-3-1-9-23-15/h1-10H,11H2,(H,19,21). The molecule has 0 radical (unpaired) electrons. The van der Waals surface area contributed by atoms with E-state index in [-0.39, 0.29) is 24.1 Å². The highest BCUT2D eigenvalue weighted by Crippen LogP contribution is 2.13. The van der Waals surface area contributed by atoms with Gasteiger partial charge in [-0.1, -0.05) is 6.07 Å². The van der Waals surface area contributed by atoms with Crippen LogP contribution in [0.2, 0.25) is 0 Å². The van der Waals surface area contributed by atoms with E-state index in [4.69, 9.17) is 9.15 Å². The van der Waals surface area contributed by atoms with Gasteiger partial charge in [-0.25, -0.2) is 4.79 Å². The van der Waals surface area contributed by atoms with E-state index in [0.29, 0.717) is 16.1 Å². The largest absolute Gasteiger partial charge is 0.459 e. The molecule has 0 unspecified atom stereocenters. The Morgan fingerprint density at radius 1 is 1.04 bits per heavy atom. The van der Waals surface area contributed by atoms with Gasteiger partial charge in [-0.15, -0.1) is 11.3 Å². The number of esters is 1. The van der Waals surface area contributed by atoms with E-state index < -0.39 is 5.97 Å². The Kier molecular flexibility index (Phi) is 5.06. The first-order valence-corrected chi connectivity index (χ1v) is 8.20. The minimum Gasteiger partial charge on any atom is -0.459 e. The fourth-order valence-electron chi connectivity index (χ4n) is 2.02. The zero-order valence-corrected chi connectivity index (χ0v) is 13.7. The average molecular weight is 355 g/mol. The molecule has 0 spiro atoms. The molecule has 25 heavy (non-hydrogen) atoms. The third-order valence-electron chi connectivity index (χ3n) is 3.27. The summed E-state index contributed by atoms with van der Waals surface area (Å²) < 4.78 is 9.99. The van der Waals surface area contributed by atoms with Gasteiger partial charge in [-0.3, -0.25) is 9.59 Å². The number of anilines is 1. The molecule has 0 atom stereocenters. The summed E-state index contributed by atoms with van der Waals surface area (Å²) in [4.78, 5) is 36.1. The lowest BCUT2D eigenvalue weighted by Gasteiger charge is -2.06. The molecule has 0 aliphatic heterocycles. The van der Waals surface area contributed by atoms with Crippen LogP contribution in [0.3, 0.4) is 0 Å². The molecular weight excluding hydrogens is 342 g/mol. The molecule has 1 aromatic carbocycles. The van der Waals surface area contributed by atoms with E-state index in [1.54, 1.807) is 53.9 Å². The van der Waals surface area contributed by atoms with Crippen LogP contribution < -0.4 is 5.32 Å². The number of hydrogen-bond acceptors (Lipinski definition) is 6. The number of rotatable bonds is 6. The lowest BCUT2D eigenvalue weighted by Crippen LogP contribution is -2.14. The number of furan rings is 1. The van der Waals surface area contributed by atoms with Crippen molar-refractivity contribution in [3.8, 4) is 0 Å². The van der Waals surface area contributed by atoms with Crippen molar-refractivity contribution in [2.45, 2.75) is 0 Å². The zero-order chi connectivity index (χ0) is 17.6. The van der Waals surface area contributed by atoms with Crippen molar-refractivity contribution < 1.29 is 23.5 Å². The summed E-state index contributed by atoms with van der Waals surface area (Å²) in [6, 6.07) is 12.8. The number of amides is 1. The Balaban J connectivity index is 1.55. The molecule has 3 rings (SSSR count). The summed E-state index contributed by atoms with van der Waals surface area (Å²) >= 11 is 1.25. The van der Waals surface area contributed by atoms with Crippen LogP contribution in [0.5, 0.6) is 0 Å². The fraction of sp³-hybridized carbons (Fsp3) is 0.0556. The number of ketones is 1. The Morgan fingerprint density at radius 2 is 1.84 bits per heavy atom. The minimum absolute atomic E-state index is 0.195.